The van der Waals surface area contributed by atoms with Gasteiger partial charge in [0.25, 0.3) is 0 Å². The molecule has 0 aliphatic carbocycles. The maximum Gasteiger partial charge on any atom is 0.239 e. The molecule has 1 aromatic rings. The zero-order chi connectivity index (χ0) is 14.5. The molecule has 0 unspecified atom stereocenters. The SMILES string of the molecule is NC(N)=NC(N)=Nc1ccc(N2CCNC(=O)C2)cc1. The number of benzene rings is 1. The number of nitrogens with zero attached hydrogens (tertiary/aromatic N) is 3. The zero-order valence-electron chi connectivity index (χ0n) is 10.9. The molecule has 0 atom stereocenters. The van der Waals surface area contributed by atoms with Gasteiger partial charge in [0.2, 0.25) is 11.9 Å². The number of anilines is 1. The van der Waals surface area contributed by atoms with Gasteiger partial charge in [-0.3, -0.25) is 4.79 Å². The van der Waals surface area contributed by atoms with Gasteiger partial charge in [-0.2, -0.15) is 4.99 Å². The lowest BCUT2D eigenvalue weighted by Crippen LogP contribution is -2.47. The van der Waals surface area contributed by atoms with Gasteiger partial charge in [0.15, 0.2) is 5.96 Å². The van der Waals surface area contributed by atoms with Crippen LogP contribution in [0.5, 0.6) is 0 Å². The van der Waals surface area contributed by atoms with Crippen molar-refractivity contribution in [3.05, 3.63) is 24.3 Å². The van der Waals surface area contributed by atoms with Gasteiger partial charge in [-0.05, 0) is 24.3 Å². The fourth-order valence-corrected chi connectivity index (χ4v) is 1.89. The van der Waals surface area contributed by atoms with Crippen LogP contribution in [0.15, 0.2) is 34.3 Å². The van der Waals surface area contributed by atoms with E-state index in [-0.39, 0.29) is 17.8 Å². The summed E-state index contributed by atoms with van der Waals surface area (Å²) in [4.78, 5) is 21.0. The van der Waals surface area contributed by atoms with Crippen molar-refractivity contribution in [2.45, 2.75) is 0 Å². The largest absolute Gasteiger partial charge is 0.370 e. The quantitative estimate of drug-likeness (QED) is 0.399. The number of piperazine rings is 1. The van der Waals surface area contributed by atoms with Crippen molar-refractivity contribution in [1.29, 1.82) is 0 Å². The third kappa shape index (κ3) is 3.61. The van der Waals surface area contributed by atoms with E-state index < -0.39 is 0 Å². The topological polar surface area (TPSA) is 135 Å². The van der Waals surface area contributed by atoms with E-state index in [1.807, 2.05) is 17.0 Å². The number of aliphatic imine (C=N–C) groups is 2. The highest BCUT2D eigenvalue weighted by Crippen LogP contribution is 2.20. The minimum Gasteiger partial charge on any atom is -0.370 e. The number of nitrogens with two attached hydrogens (primary N) is 3. The van der Waals surface area contributed by atoms with Gasteiger partial charge >= 0.3 is 0 Å². The van der Waals surface area contributed by atoms with Gasteiger partial charge < -0.3 is 27.4 Å². The molecule has 20 heavy (non-hydrogen) atoms. The van der Waals surface area contributed by atoms with Crippen LogP contribution in [0, 0.1) is 0 Å². The van der Waals surface area contributed by atoms with Crippen LogP contribution in [0.4, 0.5) is 11.4 Å². The highest BCUT2D eigenvalue weighted by atomic mass is 16.2. The van der Waals surface area contributed by atoms with E-state index in [4.69, 9.17) is 17.2 Å². The van der Waals surface area contributed by atoms with E-state index in [1.54, 1.807) is 12.1 Å². The van der Waals surface area contributed by atoms with E-state index in [9.17, 15) is 4.79 Å². The minimum atomic E-state index is -0.137. The first-order chi connectivity index (χ1) is 9.54. The first-order valence-corrected chi connectivity index (χ1v) is 6.10. The van der Waals surface area contributed by atoms with E-state index in [0.29, 0.717) is 18.8 Å². The predicted octanol–water partition coefficient (Wildman–Crippen LogP) is -1.16. The summed E-state index contributed by atoms with van der Waals surface area (Å²) >= 11 is 0. The van der Waals surface area contributed by atoms with Crippen LogP contribution in [-0.4, -0.2) is 37.5 Å². The summed E-state index contributed by atoms with van der Waals surface area (Å²) in [6.07, 6.45) is 0. The lowest BCUT2D eigenvalue weighted by atomic mass is 10.2. The van der Waals surface area contributed by atoms with Crippen molar-refractivity contribution in [1.82, 2.24) is 5.32 Å². The minimum absolute atomic E-state index is 0.00454. The molecule has 8 nitrogen and oxygen atoms in total. The highest BCUT2D eigenvalue weighted by Gasteiger charge is 2.15. The molecule has 0 aromatic heterocycles. The normalized spacial score (nSPS) is 15.7. The van der Waals surface area contributed by atoms with Crippen molar-refractivity contribution in [2.75, 3.05) is 24.5 Å². The molecule has 1 aliphatic rings. The van der Waals surface area contributed by atoms with Crippen LogP contribution < -0.4 is 27.4 Å². The monoisotopic (exact) mass is 275 g/mol. The molecule has 0 saturated carbocycles. The lowest BCUT2D eigenvalue weighted by Gasteiger charge is -2.28. The Morgan fingerprint density at radius 1 is 1.20 bits per heavy atom. The van der Waals surface area contributed by atoms with Gasteiger partial charge in [0, 0.05) is 18.8 Å². The predicted molar refractivity (Wildman–Crippen MR) is 78.8 cm³/mol. The molecular formula is C12H17N7O. The molecule has 1 amide bonds. The summed E-state index contributed by atoms with van der Waals surface area (Å²) < 4.78 is 0. The average molecular weight is 275 g/mol. The number of rotatable bonds is 2. The molecule has 1 heterocycles. The second-order valence-electron chi connectivity index (χ2n) is 4.29. The summed E-state index contributed by atoms with van der Waals surface area (Å²) in [5.41, 5.74) is 17.5. The second kappa shape index (κ2) is 5.91. The van der Waals surface area contributed by atoms with Crippen molar-refractivity contribution < 1.29 is 4.79 Å². The first-order valence-electron chi connectivity index (χ1n) is 6.10. The van der Waals surface area contributed by atoms with Crippen LogP contribution in [-0.2, 0) is 4.79 Å². The molecule has 0 bridgehead atoms. The average Bonchev–Trinajstić information content (AvgIpc) is 2.38. The molecule has 1 aliphatic heterocycles. The Morgan fingerprint density at radius 2 is 1.90 bits per heavy atom. The van der Waals surface area contributed by atoms with Crippen LogP contribution >= 0.6 is 0 Å². The van der Waals surface area contributed by atoms with Crippen LogP contribution in [0.25, 0.3) is 0 Å². The standard InChI is InChI=1S/C12H17N7O/c13-11(14)18-12(15)17-8-1-3-9(4-2-8)19-6-5-16-10(20)7-19/h1-4H,5-7H2,(H,16,20)(H6,13,14,15,17,18). The number of carbonyl (C=O) groups excluding carboxylic acids is 1. The maximum atomic E-state index is 11.3. The van der Waals surface area contributed by atoms with Gasteiger partial charge in [0.1, 0.15) is 0 Å². The third-order valence-electron chi connectivity index (χ3n) is 2.74. The molecule has 1 aromatic carbocycles. The van der Waals surface area contributed by atoms with Crippen molar-refractivity contribution in [3.8, 4) is 0 Å². The summed E-state index contributed by atoms with van der Waals surface area (Å²) in [6.45, 7) is 1.79. The fraction of sp³-hybridized carbons (Fsp3) is 0.250. The van der Waals surface area contributed by atoms with Crippen molar-refractivity contribution >= 4 is 29.2 Å². The smallest absolute Gasteiger partial charge is 0.239 e. The molecular weight excluding hydrogens is 258 g/mol. The Labute approximate surface area is 116 Å². The number of hydrogen-bond donors (Lipinski definition) is 4. The summed E-state index contributed by atoms with van der Waals surface area (Å²) in [6, 6.07) is 7.33. The van der Waals surface area contributed by atoms with Crippen LogP contribution in [0.3, 0.4) is 0 Å². The molecule has 1 fully saturated rings. The number of carbonyl (C=O) groups is 1. The van der Waals surface area contributed by atoms with E-state index in [2.05, 4.69) is 15.3 Å². The number of hydrogen-bond acceptors (Lipinski definition) is 3. The van der Waals surface area contributed by atoms with Crippen LogP contribution in [0.2, 0.25) is 0 Å². The highest BCUT2D eigenvalue weighted by molar-refractivity contribution is 5.93. The van der Waals surface area contributed by atoms with E-state index in [0.717, 1.165) is 12.2 Å². The Bertz CT molecular complexity index is 545. The zero-order valence-corrected chi connectivity index (χ0v) is 10.9. The summed E-state index contributed by atoms with van der Waals surface area (Å²) in [5.74, 6) is -0.118. The maximum absolute atomic E-state index is 11.3. The molecule has 0 radical (unpaired) electrons. The Kier molecular flexibility index (Phi) is 4.04. The van der Waals surface area contributed by atoms with E-state index >= 15 is 0 Å². The van der Waals surface area contributed by atoms with Crippen molar-refractivity contribution in [3.63, 3.8) is 0 Å². The number of nitrogens with one attached hydrogen (secondary N) is 1. The fourth-order valence-electron chi connectivity index (χ4n) is 1.89. The van der Waals surface area contributed by atoms with Gasteiger partial charge in [-0.15, -0.1) is 0 Å². The molecule has 0 spiro atoms. The Hall–Kier alpha value is -2.77. The van der Waals surface area contributed by atoms with Gasteiger partial charge in [-0.1, -0.05) is 0 Å². The van der Waals surface area contributed by atoms with Gasteiger partial charge in [-0.25, -0.2) is 4.99 Å². The molecule has 1 saturated heterocycles. The third-order valence-corrected chi connectivity index (χ3v) is 2.74. The number of amides is 1. The first kappa shape index (κ1) is 13.7. The summed E-state index contributed by atoms with van der Waals surface area (Å²) in [7, 11) is 0. The molecule has 2 rings (SSSR count). The molecule has 106 valence electrons. The van der Waals surface area contributed by atoms with Gasteiger partial charge in [0.05, 0.1) is 12.2 Å². The number of guanidine groups is 2. The molecule has 8 heteroatoms. The Balaban J connectivity index is 2.10. The van der Waals surface area contributed by atoms with Crippen LogP contribution in [0.1, 0.15) is 0 Å². The summed E-state index contributed by atoms with van der Waals surface area (Å²) in [5, 5.41) is 2.78. The van der Waals surface area contributed by atoms with E-state index in [1.165, 1.54) is 0 Å². The second-order valence-corrected chi connectivity index (χ2v) is 4.29. The van der Waals surface area contributed by atoms with Crippen molar-refractivity contribution in [2.24, 2.45) is 27.2 Å². The Morgan fingerprint density at radius 3 is 2.50 bits per heavy atom. The lowest BCUT2D eigenvalue weighted by molar-refractivity contribution is -0.120. The molecule has 7 N–H and O–H groups in total.